The zero-order valence-corrected chi connectivity index (χ0v) is 25.2. The molecule has 2 atom stereocenters. The number of anilines is 2. The Hall–Kier alpha value is -5.43. The van der Waals surface area contributed by atoms with Crippen LogP contribution in [-0.4, -0.2) is 35.9 Å². The number of pyridine rings is 1. The van der Waals surface area contributed by atoms with E-state index in [-0.39, 0.29) is 5.78 Å². The standard InChI is InChI=1S/C38H33N3O4/c1-3-41(4-2)27-20-21-30-34(24-27)44-33-19-12-18-31(35(33)38(30)29-17-9-8-16-28(29)37(43)45-38)40-32(23-26-15-10-11-22-39-26)36(42)25-13-6-5-7-14-25/h5-22,24,32,40H,3-4,23H2,1-2H3. The zero-order valence-electron chi connectivity index (χ0n) is 25.2. The number of hydrogen-bond donors (Lipinski definition) is 1. The number of fused-ring (bicyclic) bond motifs is 6. The van der Waals surface area contributed by atoms with Crippen molar-refractivity contribution in [3.05, 3.63) is 149 Å². The first-order chi connectivity index (χ1) is 22.0. The minimum atomic E-state index is -1.28. The molecule has 0 radical (unpaired) electrons. The van der Waals surface area contributed by atoms with Crippen LogP contribution in [0.3, 0.4) is 0 Å². The van der Waals surface area contributed by atoms with Crippen LogP contribution in [0.5, 0.6) is 11.5 Å². The molecule has 1 N–H and O–H groups in total. The molecule has 2 aliphatic rings. The van der Waals surface area contributed by atoms with Crippen molar-refractivity contribution in [2.24, 2.45) is 0 Å². The first-order valence-corrected chi connectivity index (χ1v) is 15.3. The van der Waals surface area contributed by atoms with Crippen molar-refractivity contribution >= 4 is 23.1 Å². The van der Waals surface area contributed by atoms with Gasteiger partial charge in [0.1, 0.15) is 11.5 Å². The number of esters is 1. The molecule has 3 heterocycles. The van der Waals surface area contributed by atoms with E-state index in [1.165, 1.54) is 0 Å². The second-order valence-electron chi connectivity index (χ2n) is 11.2. The highest BCUT2D eigenvalue weighted by Crippen LogP contribution is 2.58. The summed E-state index contributed by atoms with van der Waals surface area (Å²) in [5.41, 5.74) is 4.37. The van der Waals surface area contributed by atoms with Crippen LogP contribution >= 0.6 is 0 Å². The van der Waals surface area contributed by atoms with Gasteiger partial charge in [-0.15, -0.1) is 0 Å². The van der Waals surface area contributed by atoms with Crippen LogP contribution in [-0.2, 0) is 16.8 Å². The van der Waals surface area contributed by atoms with Gasteiger partial charge in [0, 0.05) is 65.5 Å². The van der Waals surface area contributed by atoms with E-state index < -0.39 is 17.6 Å². The number of aromatic nitrogens is 1. The van der Waals surface area contributed by atoms with E-state index in [2.05, 4.69) is 35.1 Å². The molecule has 7 rings (SSSR count). The van der Waals surface area contributed by atoms with E-state index in [4.69, 9.17) is 9.47 Å². The van der Waals surface area contributed by atoms with Crippen molar-refractivity contribution in [1.29, 1.82) is 0 Å². The number of ketones is 1. The molecule has 5 aromatic rings. The molecular formula is C38H33N3O4. The summed E-state index contributed by atoms with van der Waals surface area (Å²) < 4.78 is 13.1. The number of benzene rings is 4. The normalized spacial score (nSPS) is 16.5. The van der Waals surface area contributed by atoms with E-state index >= 15 is 0 Å². The fraction of sp³-hybridized carbons (Fsp3) is 0.184. The topological polar surface area (TPSA) is 80.8 Å². The zero-order chi connectivity index (χ0) is 31.0. The quantitative estimate of drug-likeness (QED) is 0.140. The van der Waals surface area contributed by atoms with Crippen LogP contribution in [0.1, 0.15) is 56.9 Å². The SMILES string of the molecule is CCN(CC)c1ccc2c(c1)Oc1cccc(NC(Cc3ccccn3)C(=O)c3ccccc3)c1C21OC(=O)c2ccccc21. The molecule has 1 spiro atoms. The summed E-state index contributed by atoms with van der Waals surface area (Å²) in [4.78, 5) is 34.3. The number of hydrogen-bond acceptors (Lipinski definition) is 7. The van der Waals surface area contributed by atoms with E-state index in [1.54, 1.807) is 12.3 Å². The molecule has 2 aliphatic heterocycles. The first kappa shape index (κ1) is 28.3. The fourth-order valence-corrected chi connectivity index (χ4v) is 6.56. The van der Waals surface area contributed by atoms with E-state index in [0.717, 1.165) is 35.6 Å². The molecule has 0 aliphatic carbocycles. The predicted octanol–water partition coefficient (Wildman–Crippen LogP) is 7.40. The monoisotopic (exact) mass is 595 g/mol. The molecule has 0 amide bonds. The third-order valence-electron chi connectivity index (χ3n) is 8.69. The second-order valence-corrected chi connectivity index (χ2v) is 11.2. The summed E-state index contributed by atoms with van der Waals surface area (Å²) in [6.07, 6.45) is 2.08. The maximum absolute atomic E-state index is 14.0. The van der Waals surface area contributed by atoms with Gasteiger partial charge in [0.05, 0.1) is 17.2 Å². The maximum Gasteiger partial charge on any atom is 0.340 e. The van der Waals surface area contributed by atoms with Gasteiger partial charge in [0.15, 0.2) is 11.4 Å². The summed E-state index contributed by atoms with van der Waals surface area (Å²) in [5.74, 6) is 0.700. The minimum absolute atomic E-state index is 0.0716. The summed E-state index contributed by atoms with van der Waals surface area (Å²) in [7, 11) is 0. The highest BCUT2D eigenvalue weighted by Gasteiger charge is 2.55. The number of rotatable bonds is 9. The summed E-state index contributed by atoms with van der Waals surface area (Å²) >= 11 is 0. The molecule has 45 heavy (non-hydrogen) atoms. The van der Waals surface area contributed by atoms with E-state index in [9.17, 15) is 9.59 Å². The van der Waals surface area contributed by atoms with Gasteiger partial charge in [-0.2, -0.15) is 0 Å². The van der Waals surface area contributed by atoms with Crippen LogP contribution in [0, 0.1) is 0 Å². The molecule has 224 valence electrons. The Kier molecular flexibility index (Phi) is 7.29. The highest BCUT2D eigenvalue weighted by atomic mass is 16.6. The van der Waals surface area contributed by atoms with Crippen molar-refractivity contribution < 1.29 is 19.1 Å². The summed E-state index contributed by atoms with van der Waals surface area (Å²) in [6, 6.07) is 33.5. The lowest BCUT2D eigenvalue weighted by Gasteiger charge is -2.39. The van der Waals surface area contributed by atoms with E-state index in [0.29, 0.717) is 40.3 Å². The minimum Gasteiger partial charge on any atom is -0.456 e. The van der Waals surface area contributed by atoms with Gasteiger partial charge in [-0.25, -0.2) is 4.79 Å². The highest BCUT2D eigenvalue weighted by molar-refractivity contribution is 6.02. The predicted molar refractivity (Wildman–Crippen MR) is 174 cm³/mol. The van der Waals surface area contributed by atoms with Gasteiger partial charge in [0.25, 0.3) is 0 Å². The molecular weight excluding hydrogens is 562 g/mol. The Labute approximate surface area is 262 Å². The summed E-state index contributed by atoms with van der Waals surface area (Å²) in [5, 5.41) is 3.56. The van der Waals surface area contributed by atoms with Crippen LogP contribution < -0.4 is 15.0 Å². The van der Waals surface area contributed by atoms with E-state index in [1.807, 2.05) is 97.1 Å². The number of ether oxygens (including phenoxy) is 2. The molecule has 7 heteroatoms. The Morgan fingerprint density at radius 1 is 0.844 bits per heavy atom. The van der Waals surface area contributed by atoms with Gasteiger partial charge >= 0.3 is 5.97 Å². The number of nitrogens with zero attached hydrogens (tertiary/aromatic N) is 2. The van der Waals surface area contributed by atoms with Crippen LogP contribution in [0.4, 0.5) is 11.4 Å². The smallest absolute Gasteiger partial charge is 0.340 e. The Balaban J connectivity index is 1.40. The molecule has 4 aromatic carbocycles. The molecule has 1 aromatic heterocycles. The van der Waals surface area contributed by atoms with Crippen molar-refractivity contribution in [3.63, 3.8) is 0 Å². The molecule has 0 saturated heterocycles. The van der Waals surface area contributed by atoms with Gasteiger partial charge < -0.3 is 19.7 Å². The second kappa shape index (κ2) is 11.6. The average Bonchev–Trinajstić information content (AvgIpc) is 3.37. The third-order valence-corrected chi connectivity index (χ3v) is 8.69. The van der Waals surface area contributed by atoms with Crippen LogP contribution in [0.2, 0.25) is 0 Å². The van der Waals surface area contributed by atoms with Gasteiger partial charge in [-0.3, -0.25) is 9.78 Å². The Morgan fingerprint density at radius 2 is 1.62 bits per heavy atom. The fourth-order valence-electron chi connectivity index (χ4n) is 6.56. The van der Waals surface area contributed by atoms with Crippen molar-refractivity contribution in [2.45, 2.75) is 31.9 Å². The van der Waals surface area contributed by atoms with Crippen LogP contribution in [0.25, 0.3) is 0 Å². The molecule has 0 bridgehead atoms. The largest absolute Gasteiger partial charge is 0.456 e. The molecule has 7 nitrogen and oxygen atoms in total. The first-order valence-electron chi connectivity index (χ1n) is 15.3. The van der Waals surface area contributed by atoms with Crippen molar-refractivity contribution in [2.75, 3.05) is 23.3 Å². The summed E-state index contributed by atoms with van der Waals surface area (Å²) in [6.45, 7) is 5.92. The van der Waals surface area contributed by atoms with Gasteiger partial charge in [-0.1, -0.05) is 60.7 Å². The number of nitrogens with one attached hydrogen (secondary N) is 1. The lowest BCUT2D eigenvalue weighted by Crippen LogP contribution is -2.37. The van der Waals surface area contributed by atoms with Crippen molar-refractivity contribution in [1.82, 2.24) is 4.98 Å². The molecule has 2 unspecified atom stereocenters. The average molecular weight is 596 g/mol. The maximum atomic E-state index is 14.0. The van der Waals surface area contributed by atoms with Gasteiger partial charge in [-0.05, 0) is 56.3 Å². The number of carbonyl (C=O) groups is 2. The molecule has 0 fully saturated rings. The Morgan fingerprint density at radius 3 is 2.40 bits per heavy atom. The number of Topliss-reactive ketones (excluding diaryl/α,β-unsaturated/α-hetero) is 1. The lowest BCUT2D eigenvalue weighted by molar-refractivity contribution is 0.0226. The van der Waals surface area contributed by atoms with Gasteiger partial charge in [0.2, 0.25) is 0 Å². The molecule has 0 saturated carbocycles. The third kappa shape index (κ3) is 4.81. The number of carbonyl (C=O) groups excluding carboxylic acids is 2. The lowest BCUT2D eigenvalue weighted by atomic mass is 9.76. The van der Waals surface area contributed by atoms with Crippen molar-refractivity contribution in [3.8, 4) is 11.5 Å². The Bertz CT molecular complexity index is 1890. The van der Waals surface area contributed by atoms with Crippen LogP contribution in [0.15, 0.2) is 115 Å².